The highest BCUT2D eigenvalue weighted by molar-refractivity contribution is 7.21. The fourth-order valence-corrected chi connectivity index (χ4v) is 3.92. The second-order valence-electron chi connectivity index (χ2n) is 6.38. The van der Waals surface area contributed by atoms with E-state index in [1.807, 2.05) is 30.3 Å². The van der Waals surface area contributed by atoms with E-state index in [0.717, 1.165) is 44.9 Å². The van der Waals surface area contributed by atoms with Gasteiger partial charge in [0.25, 0.3) is 0 Å². The molecule has 4 rings (SSSR count). The summed E-state index contributed by atoms with van der Waals surface area (Å²) in [6.45, 7) is 1.31. The minimum absolute atomic E-state index is 0.219. The van der Waals surface area contributed by atoms with E-state index >= 15 is 0 Å². The topological polar surface area (TPSA) is 45.2 Å². The second-order valence-corrected chi connectivity index (χ2v) is 7.41. The van der Waals surface area contributed by atoms with Crippen molar-refractivity contribution in [3.8, 4) is 16.3 Å². The molecule has 5 heteroatoms. The summed E-state index contributed by atoms with van der Waals surface area (Å²) < 4.78 is 14.1. The van der Waals surface area contributed by atoms with Gasteiger partial charge in [0.1, 0.15) is 16.6 Å². The van der Waals surface area contributed by atoms with E-state index in [-0.39, 0.29) is 11.6 Å². The van der Waals surface area contributed by atoms with Crippen LogP contribution in [-0.4, -0.2) is 16.6 Å². The smallest absolute Gasteiger partial charge is 0.124 e. The molecule has 1 aromatic heterocycles. The van der Waals surface area contributed by atoms with E-state index in [0.29, 0.717) is 6.54 Å². The van der Waals surface area contributed by atoms with Crippen molar-refractivity contribution in [3.05, 3.63) is 83.7 Å². The molecule has 0 saturated carbocycles. The molecule has 0 unspecified atom stereocenters. The number of rotatable bonds is 6. The Bertz CT molecular complexity index is 1030. The molecule has 0 aliphatic heterocycles. The van der Waals surface area contributed by atoms with Crippen LogP contribution in [0.5, 0.6) is 5.75 Å². The van der Waals surface area contributed by atoms with Crippen molar-refractivity contribution < 1.29 is 9.50 Å². The predicted octanol–water partition coefficient (Wildman–Crippen LogP) is 5.14. The summed E-state index contributed by atoms with van der Waals surface area (Å²) in [6, 6.07) is 20.2. The van der Waals surface area contributed by atoms with Crippen LogP contribution in [0, 0.1) is 5.82 Å². The molecular formula is C22H19FN2OS. The third-order valence-electron chi connectivity index (χ3n) is 4.44. The maximum Gasteiger partial charge on any atom is 0.124 e. The van der Waals surface area contributed by atoms with Gasteiger partial charge >= 0.3 is 0 Å². The van der Waals surface area contributed by atoms with Gasteiger partial charge in [0, 0.05) is 17.7 Å². The van der Waals surface area contributed by atoms with E-state index in [9.17, 15) is 9.50 Å². The number of aromatic hydroxyl groups is 1. The zero-order valence-corrected chi connectivity index (χ0v) is 15.5. The van der Waals surface area contributed by atoms with Crippen LogP contribution in [0.3, 0.4) is 0 Å². The Morgan fingerprint density at radius 1 is 1.00 bits per heavy atom. The van der Waals surface area contributed by atoms with Crippen LogP contribution < -0.4 is 5.32 Å². The third-order valence-corrected chi connectivity index (χ3v) is 5.52. The molecule has 136 valence electrons. The lowest BCUT2D eigenvalue weighted by Gasteiger charge is -2.08. The SMILES string of the molecule is Oc1ccc(-c2nc3ccccc3s2)cc1CNCCc1ccc(F)cc1. The number of hydrogen-bond acceptors (Lipinski definition) is 4. The standard InChI is InChI=1S/C22H19FN2OS/c23-18-8-5-15(6-9-18)11-12-24-14-17-13-16(7-10-20(17)26)22-25-19-3-1-2-4-21(19)27-22/h1-10,13,24,26H,11-12,14H2. The predicted molar refractivity (Wildman–Crippen MR) is 109 cm³/mol. The highest BCUT2D eigenvalue weighted by atomic mass is 32.1. The van der Waals surface area contributed by atoms with Gasteiger partial charge in [-0.3, -0.25) is 0 Å². The first-order valence-corrected chi connectivity index (χ1v) is 9.64. The quantitative estimate of drug-likeness (QED) is 0.457. The number of thiazole rings is 1. The normalized spacial score (nSPS) is 11.1. The molecule has 2 N–H and O–H groups in total. The molecule has 4 aromatic rings. The number of aromatic nitrogens is 1. The summed E-state index contributed by atoms with van der Waals surface area (Å²) in [7, 11) is 0. The average molecular weight is 378 g/mol. The van der Waals surface area contributed by atoms with Crippen LogP contribution in [0.15, 0.2) is 66.7 Å². The Morgan fingerprint density at radius 2 is 1.81 bits per heavy atom. The van der Waals surface area contributed by atoms with Gasteiger partial charge in [0.2, 0.25) is 0 Å². The van der Waals surface area contributed by atoms with E-state index in [2.05, 4.69) is 16.4 Å². The minimum Gasteiger partial charge on any atom is -0.508 e. The van der Waals surface area contributed by atoms with Crippen molar-refractivity contribution in [1.82, 2.24) is 10.3 Å². The minimum atomic E-state index is -0.219. The van der Waals surface area contributed by atoms with Gasteiger partial charge in [-0.25, -0.2) is 9.37 Å². The number of benzene rings is 3. The number of nitrogens with zero attached hydrogens (tertiary/aromatic N) is 1. The molecule has 0 saturated heterocycles. The fraction of sp³-hybridized carbons (Fsp3) is 0.136. The van der Waals surface area contributed by atoms with Crippen molar-refractivity contribution in [3.63, 3.8) is 0 Å². The van der Waals surface area contributed by atoms with Crippen molar-refractivity contribution in [1.29, 1.82) is 0 Å². The molecule has 0 radical (unpaired) electrons. The molecule has 3 aromatic carbocycles. The first kappa shape index (κ1) is 17.6. The van der Waals surface area contributed by atoms with Gasteiger partial charge < -0.3 is 10.4 Å². The number of phenols is 1. The lowest BCUT2D eigenvalue weighted by molar-refractivity contribution is 0.464. The second kappa shape index (κ2) is 7.86. The fourth-order valence-electron chi connectivity index (χ4n) is 2.96. The van der Waals surface area contributed by atoms with E-state index in [1.165, 1.54) is 12.1 Å². The van der Waals surface area contributed by atoms with Crippen LogP contribution in [0.4, 0.5) is 4.39 Å². The number of nitrogens with one attached hydrogen (secondary N) is 1. The zero-order chi connectivity index (χ0) is 18.6. The molecular weight excluding hydrogens is 359 g/mol. The monoisotopic (exact) mass is 378 g/mol. The number of para-hydroxylation sites is 1. The molecule has 3 nitrogen and oxygen atoms in total. The van der Waals surface area contributed by atoms with Gasteiger partial charge in [0.05, 0.1) is 10.2 Å². The maximum atomic E-state index is 12.9. The highest BCUT2D eigenvalue weighted by Crippen LogP contribution is 2.32. The lowest BCUT2D eigenvalue weighted by atomic mass is 10.1. The summed E-state index contributed by atoms with van der Waals surface area (Å²) in [5.41, 5.74) is 3.91. The molecule has 0 aliphatic carbocycles. The van der Waals surface area contributed by atoms with Crippen molar-refractivity contribution in [2.45, 2.75) is 13.0 Å². The summed E-state index contributed by atoms with van der Waals surface area (Å²) >= 11 is 1.65. The van der Waals surface area contributed by atoms with Gasteiger partial charge in [-0.15, -0.1) is 11.3 Å². The van der Waals surface area contributed by atoms with Gasteiger partial charge in [-0.2, -0.15) is 0 Å². The first-order valence-electron chi connectivity index (χ1n) is 8.82. The third kappa shape index (κ3) is 4.15. The first-order chi connectivity index (χ1) is 13.2. The van der Waals surface area contributed by atoms with Gasteiger partial charge in [-0.05, 0) is 61.0 Å². The summed E-state index contributed by atoms with van der Waals surface area (Å²) in [6.07, 6.45) is 0.804. The number of fused-ring (bicyclic) bond motifs is 1. The zero-order valence-electron chi connectivity index (χ0n) is 14.7. The largest absolute Gasteiger partial charge is 0.508 e. The average Bonchev–Trinajstić information content (AvgIpc) is 3.12. The molecule has 0 fully saturated rings. The summed E-state index contributed by atoms with van der Waals surface area (Å²) in [4.78, 5) is 4.68. The van der Waals surface area contributed by atoms with Crippen molar-refractivity contribution in [2.24, 2.45) is 0 Å². The Kier molecular flexibility index (Phi) is 5.14. The van der Waals surface area contributed by atoms with Crippen LogP contribution in [-0.2, 0) is 13.0 Å². The number of phenolic OH excluding ortho intramolecular Hbond substituents is 1. The van der Waals surface area contributed by atoms with E-state index in [4.69, 9.17) is 0 Å². The maximum absolute atomic E-state index is 12.9. The van der Waals surface area contributed by atoms with Crippen LogP contribution in [0.25, 0.3) is 20.8 Å². The molecule has 1 heterocycles. The number of halogens is 1. The van der Waals surface area contributed by atoms with Crippen molar-refractivity contribution in [2.75, 3.05) is 6.54 Å². The summed E-state index contributed by atoms with van der Waals surface area (Å²) in [5, 5.41) is 14.5. The van der Waals surface area contributed by atoms with Crippen LogP contribution >= 0.6 is 11.3 Å². The molecule has 0 aliphatic rings. The van der Waals surface area contributed by atoms with Crippen LogP contribution in [0.1, 0.15) is 11.1 Å². The Hall–Kier alpha value is -2.76. The Morgan fingerprint density at radius 3 is 2.63 bits per heavy atom. The number of hydrogen-bond donors (Lipinski definition) is 2. The van der Waals surface area contributed by atoms with Gasteiger partial charge in [0.15, 0.2) is 0 Å². The Labute approximate surface area is 161 Å². The Balaban J connectivity index is 1.43. The molecule has 27 heavy (non-hydrogen) atoms. The van der Waals surface area contributed by atoms with E-state index in [1.54, 1.807) is 29.5 Å². The molecule has 0 bridgehead atoms. The molecule has 0 amide bonds. The van der Waals surface area contributed by atoms with Gasteiger partial charge in [-0.1, -0.05) is 24.3 Å². The molecule has 0 atom stereocenters. The molecule has 0 spiro atoms. The highest BCUT2D eigenvalue weighted by Gasteiger charge is 2.09. The van der Waals surface area contributed by atoms with E-state index < -0.39 is 0 Å². The lowest BCUT2D eigenvalue weighted by Crippen LogP contribution is -2.16. The van der Waals surface area contributed by atoms with Crippen LogP contribution in [0.2, 0.25) is 0 Å². The summed E-state index contributed by atoms with van der Waals surface area (Å²) in [5.74, 6) is 0.0532. The van der Waals surface area contributed by atoms with Crippen molar-refractivity contribution >= 4 is 21.6 Å².